The van der Waals surface area contributed by atoms with Crippen LogP contribution in [0, 0.1) is 6.57 Å². The first-order chi connectivity index (χ1) is 12.7. The van der Waals surface area contributed by atoms with Crippen LogP contribution in [0.1, 0.15) is 23.3 Å². The number of aromatic nitrogens is 2. The second-order valence-corrected chi connectivity index (χ2v) is 6.41. The van der Waals surface area contributed by atoms with Gasteiger partial charge in [-0.1, -0.05) is 12.1 Å². The predicted molar refractivity (Wildman–Crippen MR) is 97.4 cm³/mol. The van der Waals surface area contributed by atoms with Crippen molar-refractivity contribution in [3.8, 4) is 5.69 Å². The molecule has 1 aromatic carbocycles. The van der Waals surface area contributed by atoms with Gasteiger partial charge in [0.15, 0.2) is 5.69 Å². The minimum atomic E-state index is -0.808. The lowest BCUT2D eigenvalue weighted by molar-refractivity contribution is 0.0661. The fraction of sp³-hybridized carbons (Fsp3) is 0.250. The molecule has 6 heteroatoms. The number of amides is 1. The third-order valence-electron chi connectivity index (χ3n) is 4.76. The van der Waals surface area contributed by atoms with E-state index in [9.17, 15) is 9.18 Å². The average Bonchev–Trinajstić information content (AvgIpc) is 3.11. The van der Waals surface area contributed by atoms with Crippen molar-refractivity contribution in [2.45, 2.75) is 19.0 Å². The molecule has 0 saturated carbocycles. The summed E-state index contributed by atoms with van der Waals surface area (Å²) in [7, 11) is 0. The molecule has 3 aromatic rings. The first-order valence-electron chi connectivity index (χ1n) is 8.54. The lowest BCUT2D eigenvalue weighted by Gasteiger charge is -2.28. The highest BCUT2D eigenvalue weighted by atomic mass is 19.1. The van der Waals surface area contributed by atoms with Gasteiger partial charge in [0.25, 0.3) is 5.91 Å². The van der Waals surface area contributed by atoms with Crippen molar-refractivity contribution in [2.75, 3.05) is 13.1 Å². The summed E-state index contributed by atoms with van der Waals surface area (Å²) < 4.78 is 15.2. The molecular formula is C20H17FN4O. The molecule has 4 rings (SSSR count). The van der Waals surface area contributed by atoms with E-state index >= 15 is 0 Å². The molecular weight excluding hydrogens is 331 g/mol. The van der Waals surface area contributed by atoms with Crippen molar-refractivity contribution in [1.29, 1.82) is 0 Å². The highest BCUT2D eigenvalue weighted by Crippen LogP contribution is 2.23. The van der Waals surface area contributed by atoms with E-state index in [1.165, 1.54) is 0 Å². The van der Waals surface area contributed by atoms with Gasteiger partial charge in [-0.25, -0.2) is 14.2 Å². The van der Waals surface area contributed by atoms with Gasteiger partial charge >= 0.3 is 0 Å². The molecule has 0 bridgehead atoms. The van der Waals surface area contributed by atoms with Crippen molar-refractivity contribution in [3.63, 3.8) is 0 Å². The summed E-state index contributed by atoms with van der Waals surface area (Å²) in [6, 6.07) is 11.0. The van der Waals surface area contributed by atoms with Crippen molar-refractivity contribution in [2.24, 2.45) is 0 Å². The molecule has 1 aliphatic rings. The topological polar surface area (TPSA) is 42.5 Å². The lowest BCUT2D eigenvalue weighted by Crippen LogP contribution is -2.39. The van der Waals surface area contributed by atoms with Crippen LogP contribution in [0.4, 0.5) is 10.1 Å². The van der Waals surface area contributed by atoms with Crippen molar-refractivity contribution < 1.29 is 9.18 Å². The van der Waals surface area contributed by atoms with E-state index in [-0.39, 0.29) is 5.91 Å². The van der Waals surface area contributed by atoms with Crippen LogP contribution in [0.5, 0.6) is 0 Å². The van der Waals surface area contributed by atoms with Crippen LogP contribution in [0.15, 0.2) is 48.8 Å². The molecule has 0 radical (unpaired) electrons. The van der Waals surface area contributed by atoms with Gasteiger partial charge in [-0.3, -0.25) is 4.79 Å². The summed E-state index contributed by atoms with van der Waals surface area (Å²) in [5.74, 6) is -0.145. The van der Waals surface area contributed by atoms with Gasteiger partial charge in [-0.2, -0.15) is 0 Å². The zero-order valence-corrected chi connectivity index (χ0v) is 14.1. The van der Waals surface area contributed by atoms with Gasteiger partial charge in [-0.05, 0) is 37.1 Å². The Morgan fingerprint density at radius 3 is 2.62 bits per heavy atom. The Morgan fingerprint density at radius 2 is 1.92 bits per heavy atom. The van der Waals surface area contributed by atoms with Crippen molar-refractivity contribution in [3.05, 3.63) is 65.9 Å². The summed E-state index contributed by atoms with van der Waals surface area (Å²) >= 11 is 0. The zero-order valence-electron chi connectivity index (χ0n) is 14.1. The number of fused-ring (bicyclic) bond motifs is 1. The maximum atomic E-state index is 13.3. The molecule has 3 heterocycles. The van der Waals surface area contributed by atoms with Gasteiger partial charge in [-0.15, -0.1) is 0 Å². The molecule has 0 atom stereocenters. The fourth-order valence-corrected chi connectivity index (χ4v) is 3.28. The highest BCUT2D eigenvalue weighted by Gasteiger charge is 2.24. The maximum Gasteiger partial charge on any atom is 0.272 e. The Kier molecular flexibility index (Phi) is 4.13. The van der Waals surface area contributed by atoms with E-state index in [4.69, 9.17) is 6.57 Å². The molecule has 1 fully saturated rings. The van der Waals surface area contributed by atoms with E-state index in [0.29, 0.717) is 37.3 Å². The molecule has 0 spiro atoms. The van der Waals surface area contributed by atoms with E-state index in [1.807, 2.05) is 29.0 Å². The fourth-order valence-electron chi connectivity index (χ4n) is 3.28. The Hall–Kier alpha value is -3.20. The standard InChI is InChI=1S/C20H17FN4O/c1-22-16-2-4-17(5-3-16)25-11-6-14-12-18(23-13-19(14)25)20(26)24-9-7-15(21)8-10-24/h2-6,11-13,15H,7-10H2. The van der Waals surface area contributed by atoms with Gasteiger partial charge in [0.1, 0.15) is 11.9 Å². The minimum Gasteiger partial charge on any atom is -0.337 e. The Bertz CT molecular complexity index is 995. The molecule has 26 heavy (non-hydrogen) atoms. The Morgan fingerprint density at radius 1 is 1.19 bits per heavy atom. The monoisotopic (exact) mass is 348 g/mol. The number of hydrogen-bond donors (Lipinski definition) is 0. The molecule has 1 amide bonds. The van der Waals surface area contributed by atoms with Crippen LogP contribution in [-0.4, -0.2) is 39.6 Å². The molecule has 1 saturated heterocycles. The lowest BCUT2D eigenvalue weighted by atomic mass is 10.1. The largest absolute Gasteiger partial charge is 0.337 e. The molecule has 0 aliphatic carbocycles. The second-order valence-electron chi connectivity index (χ2n) is 6.41. The third kappa shape index (κ3) is 2.93. The predicted octanol–water partition coefficient (Wildman–Crippen LogP) is 4.15. The molecule has 2 aromatic heterocycles. The van der Waals surface area contributed by atoms with E-state index in [0.717, 1.165) is 16.6 Å². The quantitative estimate of drug-likeness (QED) is 0.653. The molecule has 1 aliphatic heterocycles. The summed E-state index contributed by atoms with van der Waals surface area (Å²) in [5.41, 5.74) is 2.79. The Balaban J connectivity index is 1.63. The average molecular weight is 348 g/mol. The van der Waals surface area contributed by atoms with Gasteiger partial charge < -0.3 is 9.47 Å². The van der Waals surface area contributed by atoms with Gasteiger partial charge in [0.2, 0.25) is 0 Å². The van der Waals surface area contributed by atoms with E-state index < -0.39 is 6.17 Å². The van der Waals surface area contributed by atoms with Crippen LogP contribution in [-0.2, 0) is 0 Å². The number of hydrogen-bond acceptors (Lipinski definition) is 2. The van der Waals surface area contributed by atoms with Crippen LogP contribution in [0.25, 0.3) is 21.4 Å². The number of benzene rings is 1. The molecule has 0 unspecified atom stereocenters. The normalized spacial score (nSPS) is 15.2. The number of pyridine rings is 1. The zero-order chi connectivity index (χ0) is 18.1. The molecule has 130 valence electrons. The smallest absolute Gasteiger partial charge is 0.272 e. The number of piperidine rings is 1. The van der Waals surface area contributed by atoms with Gasteiger partial charge in [0, 0.05) is 30.4 Å². The second kappa shape index (κ2) is 6.60. The number of carbonyl (C=O) groups excluding carboxylic acids is 1. The number of likely N-dealkylation sites (tertiary alicyclic amines) is 1. The van der Waals surface area contributed by atoms with Crippen molar-refractivity contribution in [1.82, 2.24) is 14.5 Å². The van der Waals surface area contributed by atoms with Crippen LogP contribution in [0.3, 0.4) is 0 Å². The number of nitrogens with zero attached hydrogens (tertiary/aromatic N) is 4. The first-order valence-corrected chi connectivity index (χ1v) is 8.54. The number of alkyl halides is 1. The summed E-state index contributed by atoms with van der Waals surface area (Å²) in [4.78, 5) is 22.0. The van der Waals surface area contributed by atoms with Crippen LogP contribution < -0.4 is 0 Å². The number of rotatable bonds is 2. The van der Waals surface area contributed by atoms with E-state index in [1.54, 1.807) is 29.3 Å². The van der Waals surface area contributed by atoms with Crippen molar-refractivity contribution >= 4 is 22.5 Å². The minimum absolute atomic E-state index is 0.145. The summed E-state index contributed by atoms with van der Waals surface area (Å²) in [6.07, 6.45) is 3.59. The summed E-state index contributed by atoms with van der Waals surface area (Å²) in [5, 5.41) is 0.915. The van der Waals surface area contributed by atoms with Crippen LogP contribution in [0.2, 0.25) is 0 Å². The summed E-state index contributed by atoms with van der Waals surface area (Å²) in [6.45, 7) is 7.91. The van der Waals surface area contributed by atoms with Crippen LogP contribution >= 0.6 is 0 Å². The molecule has 5 nitrogen and oxygen atoms in total. The SMILES string of the molecule is [C-]#[N+]c1ccc(-n2ccc3cc(C(=O)N4CCC(F)CC4)ncc32)cc1. The van der Waals surface area contributed by atoms with Gasteiger partial charge in [0.05, 0.1) is 18.3 Å². The number of carbonyl (C=O) groups is 1. The Labute approximate surface area is 150 Å². The molecule has 0 N–H and O–H groups in total. The third-order valence-corrected chi connectivity index (χ3v) is 4.76. The highest BCUT2D eigenvalue weighted by molar-refractivity contribution is 5.96. The maximum absolute atomic E-state index is 13.3. The van der Waals surface area contributed by atoms with E-state index in [2.05, 4.69) is 9.83 Å². The number of halogens is 1. The first kappa shape index (κ1) is 16.3.